The highest BCUT2D eigenvalue weighted by molar-refractivity contribution is 5.15. The molecule has 2 N–H and O–H groups in total. The second-order valence-electron chi connectivity index (χ2n) is 5.87. The van der Waals surface area contributed by atoms with Gasteiger partial charge in [-0.3, -0.25) is 4.98 Å². The van der Waals surface area contributed by atoms with E-state index in [9.17, 15) is 0 Å². The Labute approximate surface area is 104 Å². The van der Waals surface area contributed by atoms with E-state index in [1.165, 1.54) is 24.8 Å². The van der Waals surface area contributed by atoms with E-state index in [0.717, 1.165) is 36.3 Å². The predicted molar refractivity (Wildman–Crippen MR) is 69.6 cm³/mol. The molecule has 0 radical (unpaired) electrons. The van der Waals surface area contributed by atoms with Gasteiger partial charge in [-0.15, -0.1) is 0 Å². The van der Waals surface area contributed by atoms with Crippen molar-refractivity contribution in [3.05, 3.63) is 29.6 Å². The highest BCUT2D eigenvalue weighted by atomic mass is 14.7. The first kappa shape index (κ1) is 11.2. The van der Waals surface area contributed by atoms with Crippen LogP contribution in [0.15, 0.2) is 18.3 Å². The van der Waals surface area contributed by atoms with E-state index in [0.29, 0.717) is 6.04 Å². The Morgan fingerprint density at radius 1 is 1.29 bits per heavy atom. The van der Waals surface area contributed by atoms with E-state index >= 15 is 0 Å². The summed E-state index contributed by atoms with van der Waals surface area (Å²) in [4.78, 5) is 4.51. The Hall–Kier alpha value is -0.890. The highest BCUT2D eigenvalue weighted by Crippen LogP contribution is 2.55. The molecule has 0 spiro atoms. The van der Waals surface area contributed by atoms with Crippen LogP contribution in [0.5, 0.6) is 0 Å². The fourth-order valence-corrected chi connectivity index (χ4v) is 3.30. The van der Waals surface area contributed by atoms with Crippen LogP contribution in [0.2, 0.25) is 0 Å². The second-order valence-corrected chi connectivity index (χ2v) is 5.87. The van der Waals surface area contributed by atoms with Crippen LogP contribution in [0.3, 0.4) is 0 Å². The van der Waals surface area contributed by atoms with Crippen molar-refractivity contribution in [1.29, 1.82) is 0 Å². The van der Waals surface area contributed by atoms with Crippen molar-refractivity contribution in [2.24, 2.45) is 23.5 Å². The topological polar surface area (TPSA) is 38.9 Å². The first-order valence-electron chi connectivity index (χ1n) is 6.95. The van der Waals surface area contributed by atoms with Gasteiger partial charge >= 0.3 is 0 Å². The summed E-state index contributed by atoms with van der Waals surface area (Å²) < 4.78 is 0. The van der Waals surface area contributed by atoms with Gasteiger partial charge in [0.05, 0.1) is 0 Å². The number of fused-ring (bicyclic) bond motifs is 1. The number of nitrogens with zero attached hydrogens (tertiary/aromatic N) is 1. The lowest BCUT2D eigenvalue weighted by Gasteiger charge is -2.20. The molecule has 0 bridgehead atoms. The fourth-order valence-electron chi connectivity index (χ4n) is 3.30. The Kier molecular flexibility index (Phi) is 2.91. The van der Waals surface area contributed by atoms with Gasteiger partial charge in [-0.05, 0) is 55.1 Å². The van der Waals surface area contributed by atoms with Crippen molar-refractivity contribution in [1.82, 2.24) is 4.98 Å². The van der Waals surface area contributed by atoms with Crippen LogP contribution in [0, 0.1) is 17.8 Å². The molecular formula is C15H22N2. The Balaban J connectivity index is 1.57. The first-order chi connectivity index (χ1) is 8.26. The molecule has 3 rings (SSSR count). The zero-order valence-electron chi connectivity index (χ0n) is 10.6. The number of hydrogen-bond acceptors (Lipinski definition) is 2. The summed E-state index contributed by atoms with van der Waals surface area (Å²) in [5.74, 6) is 2.81. The van der Waals surface area contributed by atoms with Gasteiger partial charge in [-0.25, -0.2) is 0 Å². The molecule has 2 aliphatic carbocycles. The molecule has 1 aromatic heterocycles. The van der Waals surface area contributed by atoms with Crippen molar-refractivity contribution >= 4 is 0 Å². The van der Waals surface area contributed by atoms with E-state index < -0.39 is 0 Å². The monoisotopic (exact) mass is 230 g/mol. The Morgan fingerprint density at radius 3 is 2.65 bits per heavy atom. The molecule has 1 aromatic rings. The van der Waals surface area contributed by atoms with Crippen molar-refractivity contribution in [3.63, 3.8) is 0 Å². The van der Waals surface area contributed by atoms with Crippen LogP contribution in [-0.2, 0) is 12.8 Å². The molecule has 3 atom stereocenters. The molecule has 0 aromatic carbocycles. The van der Waals surface area contributed by atoms with E-state index in [1.807, 2.05) is 6.20 Å². The normalized spacial score (nSPS) is 32.2. The standard InChI is InChI=1S/C15H22N2/c1-2-10-3-4-14(17-9-10)8-15(16)13-6-11-5-12(11)7-13/h3-4,9,11-13,15H,2,5-8,16H2,1H3. The smallest absolute Gasteiger partial charge is 0.0419 e. The van der Waals surface area contributed by atoms with Gasteiger partial charge in [0.2, 0.25) is 0 Å². The van der Waals surface area contributed by atoms with Crippen LogP contribution in [-0.4, -0.2) is 11.0 Å². The summed E-state index contributed by atoms with van der Waals surface area (Å²) >= 11 is 0. The molecule has 2 saturated carbocycles. The molecule has 0 aliphatic heterocycles. The molecule has 17 heavy (non-hydrogen) atoms. The van der Waals surface area contributed by atoms with Crippen LogP contribution in [0.25, 0.3) is 0 Å². The summed E-state index contributed by atoms with van der Waals surface area (Å²) in [6.07, 6.45) is 8.23. The molecule has 2 aliphatic rings. The molecule has 0 amide bonds. The number of aryl methyl sites for hydroxylation is 1. The molecule has 2 nitrogen and oxygen atoms in total. The number of pyridine rings is 1. The molecular weight excluding hydrogens is 208 g/mol. The van der Waals surface area contributed by atoms with Gasteiger partial charge in [0.15, 0.2) is 0 Å². The summed E-state index contributed by atoms with van der Waals surface area (Å²) in [7, 11) is 0. The van der Waals surface area contributed by atoms with Gasteiger partial charge in [-0.2, -0.15) is 0 Å². The van der Waals surface area contributed by atoms with Gasteiger partial charge < -0.3 is 5.73 Å². The lowest BCUT2D eigenvalue weighted by atomic mass is 9.92. The second kappa shape index (κ2) is 4.41. The van der Waals surface area contributed by atoms with Crippen molar-refractivity contribution in [2.45, 2.75) is 45.1 Å². The number of rotatable bonds is 4. The average Bonchev–Trinajstić information content (AvgIpc) is 2.97. The minimum atomic E-state index is 0.322. The van der Waals surface area contributed by atoms with E-state index in [-0.39, 0.29) is 0 Å². The van der Waals surface area contributed by atoms with E-state index in [2.05, 4.69) is 24.0 Å². The van der Waals surface area contributed by atoms with Crippen LogP contribution in [0.1, 0.15) is 37.4 Å². The molecule has 2 fully saturated rings. The van der Waals surface area contributed by atoms with Crippen molar-refractivity contribution < 1.29 is 0 Å². The van der Waals surface area contributed by atoms with Gasteiger partial charge in [0.1, 0.15) is 0 Å². The van der Waals surface area contributed by atoms with Crippen molar-refractivity contribution in [2.75, 3.05) is 0 Å². The highest BCUT2D eigenvalue weighted by Gasteiger charge is 2.47. The maximum atomic E-state index is 6.32. The minimum absolute atomic E-state index is 0.322. The molecule has 3 unspecified atom stereocenters. The lowest BCUT2D eigenvalue weighted by Crippen LogP contribution is -2.31. The van der Waals surface area contributed by atoms with Crippen LogP contribution >= 0.6 is 0 Å². The summed E-state index contributed by atoms with van der Waals surface area (Å²) in [6, 6.07) is 4.65. The fraction of sp³-hybridized carbons (Fsp3) is 0.667. The summed E-state index contributed by atoms with van der Waals surface area (Å²) in [6.45, 7) is 2.16. The molecule has 2 heteroatoms. The van der Waals surface area contributed by atoms with Crippen molar-refractivity contribution in [3.8, 4) is 0 Å². The minimum Gasteiger partial charge on any atom is -0.327 e. The Morgan fingerprint density at radius 2 is 2.06 bits per heavy atom. The maximum absolute atomic E-state index is 6.32. The van der Waals surface area contributed by atoms with E-state index in [4.69, 9.17) is 5.73 Å². The maximum Gasteiger partial charge on any atom is 0.0419 e. The zero-order valence-corrected chi connectivity index (χ0v) is 10.6. The summed E-state index contributed by atoms with van der Waals surface area (Å²) in [5, 5.41) is 0. The van der Waals surface area contributed by atoms with Gasteiger partial charge in [-0.1, -0.05) is 13.0 Å². The van der Waals surface area contributed by atoms with Gasteiger partial charge in [0, 0.05) is 24.4 Å². The third-order valence-corrected chi connectivity index (χ3v) is 4.62. The predicted octanol–water partition coefficient (Wildman–Crippen LogP) is 2.56. The SMILES string of the molecule is CCc1ccc(CC(N)C2CC3CC3C2)nc1. The quantitative estimate of drug-likeness (QED) is 0.863. The zero-order chi connectivity index (χ0) is 11.8. The van der Waals surface area contributed by atoms with Crippen LogP contribution in [0.4, 0.5) is 0 Å². The molecule has 1 heterocycles. The third kappa shape index (κ3) is 2.37. The Bertz CT molecular complexity index is 374. The van der Waals surface area contributed by atoms with E-state index in [1.54, 1.807) is 0 Å². The molecule has 92 valence electrons. The number of hydrogen-bond donors (Lipinski definition) is 1. The summed E-state index contributed by atoms with van der Waals surface area (Å²) in [5.41, 5.74) is 8.80. The molecule has 0 saturated heterocycles. The van der Waals surface area contributed by atoms with Crippen LogP contribution < -0.4 is 5.73 Å². The number of aromatic nitrogens is 1. The number of nitrogens with two attached hydrogens (primary N) is 1. The van der Waals surface area contributed by atoms with Gasteiger partial charge in [0.25, 0.3) is 0 Å². The lowest BCUT2D eigenvalue weighted by molar-refractivity contribution is 0.390. The third-order valence-electron chi connectivity index (χ3n) is 4.62. The average molecular weight is 230 g/mol. The largest absolute Gasteiger partial charge is 0.327 e. The first-order valence-corrected chi connectivity index (χ1v) is 6.95.